The van der Waals surface area contributed by atoms with E-state index in [0.717, 1.165) is 17.2 Å². The Morgan fingerprint density at radius 2 is 1.67 bits per heavy atom. The van der Waals surface area contributed by atoms with E-state index in [1.807, 2.05) is 0 Å². The number of carbonyl (C=O) groups excluding carboxylic acids is 3. The number of phosphoric ester groups is 3. The van der Waals surface area contributed by atoms with Gasteiger partial charge in [-0.2, -0.15) is 4.31 Å². The first-order valence-electron chi connectivity index (χ1n) is 15.3. The van der Waals surface area contributed by atoms with E-state index < -0.39 is 103 Å². The Balaban J connectivity index is 1.50. The highest BCUT2D eigenvalue weighted by Crippen LogP contribution is 2.61. The van der Waals surface area contributed by atoms with Crippen LogP contribution in [0.5, 0.6) is 0 Å². The second-order valence-corrected chi connectivity index (χ2v) is 19.1. The van der Waals surface area contributed by atoms with Gasteiger partial charge in [-0.1, -0.05) is 25.6 Å². The minimum atomic E-state index is -5.60. The third-order valence-electron chi connectivity index (χ3n) is 7.10. The maximum Gasteiger partial charge on any atom is 0.481 e. The second kappa shape index (κ2) is 19.0. The Morgan fingerprint density at radius 1 is 1.02 bits per heavy atom. The number of rotatable bonds is 21. The lowest BCUT2D eigenvalue weighted by Gasteiger charge is -2.30. The molecule has 3 rings (SSSR count). The van der Waals surface area contributed by atoms with Gasteiger partial charge in [0.05, 0.1) is 19.5 Å². The number of anilines is 1. The molecule has 312 valence electrons. The van der Waals surface area contributed by atoms with Gasteiger partial charge in [0.2, 0.25) is 16.9 Å². The molecule has 1 fully saturated rings. The third kappa shape index (κ3) is 14.9. The van der Waals surface area contributed by atoms with Crippen molar-refractivity contribution in [3.05, 3.63) is 12.7 Å². The molecule has 2 aromatic heterocycles. The third-order valence-corrected chi connectivity index (χ3v) is 12.0. The van der Waals surface area contributed by atoms with E-state index in [1.165, 1.54) is 13.8 Å². The van der Waals surface area contributed by atoms with Crippen LogP contribution >= 0.6 is 42.8 Å². The first kappa shape index (κ1) is 47.1. The number of imidazole rings is 1. The number of nitrogen functional groups attached to an aromatic ring is 1. The number of carbonyl (C=O) groups is 3. The molecule has 1 aliphatic rings. The summed E-state index contributed by atoms with van der Waals surface area (Å²) in [6.45, 7) is -0.00928. The summed E-state index contributed by atoms with van der Waals surface area (Å²) in [5, 5.41) is 25.2. The van der Waals surface area contributed by atoms with Crippen LogP contribution < -0.4 is 16.4 Å². The highest BCUT2D eigenvalue weighted by Gasteiger charge is 2.50. The van der Waals surface area contributed by atoms with Crippen molar-refractivity contribution in [2.24, 2.45) is 5.41 Å². The number of hydrogen-bond donors (Lipinski definition) is 11. The van der Waals surface area contributed by atoms with Crippen LogP contribution in [0.2, 0.25) is 0 Å². The summed E-state index contributed by atoms with van der Waals surface area (Å²) in [5.74, 6) is -1.67. The predicted molar refractivity (Wildman–Crippen MR) is 184 cm³/mol. The molecular weight excluding hydrogens is 850 g/mol. The van der Waals surface area contributed by atoms with Gasteiger partial charge >= 0.3 is 31.1 Å². The van der Waals surface area contributed by atoms with Gasteiger partial charge in [0.25, 0.3) is 0 Å². The zero-order valence-corrected chi connectivity index (χ0v) is 32.9. The number of aromatic nitrogens is 4. The Hall–Kier alpha value is -2.29. The van der Waals surface area contributed by atoms with Gasteiger partial charge in [0, 0.05) is 30.7 Å². The van der Waals surface area contributed by atoms with Crippen LogP contribution in [0.15, 0.2) is 12.7 Å². The number of nitrogens with one attached hydrogen (secondary N) is 2. The molecule has 1 saturated heterocycles. The van der Waals surface area contributed by atoms with Crippen molar-refractivity contribution >= 4 is 76.7 Å². The molecule has 0 aliphatic carbocycles. The molecular formula is C23H39N7O20P4S. The normalized spacial score (nSPS) is 22.1. The summed E-state index contributed by atoms with van der Waals surface area (Å²) in [7, 11) is -21.0. The lowest BCUT2D eigenvalue weighted by Crippen LogP contribution is -2.46. The van der Waals surface area contributed by atoms with E-state index in [0.29, 0.717) is 11.8 Å². The number of amides is 2. The summed E-state index contributed by atoms with van der Waals surface area (Å²) >= 11 is 0.605. The van der Waals surface area contributed by atoms with Crippen LogP contribution in [0, 0.1) is 5.41 Å². The predicted octanol–water partition coefficient (Wildman–Crippen LogP) is -2.16. The number of aliphatic hydroxyl groups excluding tert-OH is 2. The van der Waals surface area contributed by atoms with E-state index >= 15 is 0 Å². The van der Waals surface area contributed by atoms with Crippen molar-refractivity contribution < 1.29 is 94.8 Å². The van der Waals surface area contributed by atoms with E-state index in [-0.39, 0.29) is 42.2 Å². The zero-order valence-electron chi connectivity index (χ0n) is 28.5. The first-order chi connectivity index (χ1) is 25.2. The topological polar surface area (TPSA) is 421 Å². The van der Waals surface area contributed by atoms with Crippen molar-refractivity contribution in [2.45, 2.75) is 50.9 Å². The Morgan fingerprint density at radius 3 is 2.31 bits per heavy atom. The molecule has 27 nitrogen and oxygen atoms in total. The molecule has 2 unspecified atom stereocenters. The molecule has 0 bridgehead atoms. The lowest BCUT2D eigenvalue weighted by atomic mass is 9.87. The van der Waals surface area contributed by atoms with Crippen LogP contribution in [0.1, 0.15) is 26.5 Å². The van der Waals surface area contributed by atoms with Crippen LogP contribution in [0.25, 0.3) is 11.2 Å². The van der Waals surface area contributed by atoms with Crippen LogP contribution in [0.4, 0.5) is 5.82 Å². The van der Waals surface area contributed by atoms with Gasteiger partial charge < -0.3 is 60.7 Å². The highest BCUT2D eigenvalue weighted by atomic mass is 32.2. The number of nitrogens with two attached hydrogens (primary N) is 1. The largest absolute Gasteiger partial charge is 0.481 e. The Bertz CT molecular complexity index is 1890. The van der Waals surface area contributed by atoms with E-state index in [1.54, 1.807) is 0 Å². The summed E-state index contributed by atoms with van der Waals surface area (Å²) < 4.78 is 72.6. The maximum atomic E-state index is 12.6. The Kier molecular flexibility index (Phi) is 16.2. The van der Waals surface area contributed by atoms with Gasteiger partial charge in [-0.15, -0.1) is 0 Å². The van der Waals surface area contributed by atoms with Crippen molar-refractivity contribution in [2.75, 3.05) is 44.0 Å². The summed E-state index contributed by atoms with van der Waals surface area (Å²) in [5.41, 5.74) is 4.16. The zero-order chi connectivity index (χ0) is 41.6. The summed E-state index contributed by atoms with van der Waals surface area (Å²) in [4.78, 5) is 104. The van der Waals surface area contributed by atoms with Crippen molar-refractivity contribution in [3.8, 4) is 0 Å². The van der Waals surface area contributed by atoms with Gasteiger partial charge in [0.15, 0.2) is 17.7 Å². The molecule has 32 heteroatoms. The molecule has 0 radical (unpaired) electrons. The minimum absolute atomic E-state index is 0.0139. The smallest absolute Gasteiger partial charge is 0.386 e. The standard InChI is InChI=1S/C23H39N7O20P4S/c1-23(2,18(34)21(35)26-4-3-13(31)25-5-6-55-14(32)8-51(36,37)38)9-47-54(44,45)50-53(42,43)46-7-12-17(49-52(39,40)41)16(33)22(48-12)30-11-29-15-19(24)27-10-28-20(15)30/h10-12,16-18,22,33-34H,3-9H2,1-2H3,(H,25,31)(H,26,35)(H,42,43)(H,44,45)(H2,24,27,28)(H2,36,37,38)(H2,39,40,41)/t12-,16-,17-,18+,22-/m1/s1. The number of phosphoric acid groups is 3. The van der Waals surface area contributed by atoms with E-state index in [2.05, 4.69) is 34.4 Å². The SMILES string of the molecule is CC(C)(COP(=O)(O)OP(=O)(O)OC[C@H]1O[C@@H](n2cnc3c(N)ncnc32)[C@H](O)[C@@H]1OP(=O)(O)O)[C@@H](O)C(=O)NCCC(=O)NCCSC(=O)CP(=O)(O)O. The van der Waals surface area contributed by atoms with Gasteiger partial charge in [-0.05, 0) is 0 Å². The summed E-state index contributed by atoms with van der Waals surface area (Å²) in [6, 6.07) is 0. The number of aliphatic hydroxyl groups is 2. The molecule has 1 aliphatic heterocycles. The molecule has 12 N–H and O–H groups in total. The van der Waals surface area contributed by atoms with E-state index in [9.17, 15) is 62.4 Å². The summed E-state index contributed by atoms with van der Waals surface area (Å²) in [6.07, 6.45) is -8.15. The van der Waals surface area contributed by atoms with Gasteiger partial charge in [-0.25, -0.2) is 28.6 Å². The second-order valence-electron chi connectivity index (χ2n) is 12.1. The van der Waals surface area contributed by atoms with Gasteiger partial charge in [-0.3, -0.25) is 37.1 Å². The van der Waals surface area contributed by atoms with Crippen LogP contribution in [-0.4, -0.2) is 139 Å². The van der Waals surface area contributed by atoms with Crippen LogP contribution in [0.3, 0.4) is 0 Å². The monoisotopic (exact) mass is 889 g/mol. The average molecular weight is 890 g/mol. The number of nitrogens with zero attached hydrogens (tertiary/aromatic N) is 4. The van der Waals surface area contributed by atoms with Crippen molar-refractivity contribution in [1.82, 2.24) is 30.2 Å². The quantitative estimate of drug-likeness (QED) is 0.0470. The fraction of sp³-hybridized carbons (Fsp3) is 0.652. The number of thioether (sulfide) groups is 1. The molecule has 0 aromatic carbocycles. The minimum Gasteiger partial charge on any atom is -0.386 e. The molecule has 0 spiro atoms. The number of hydrogen-bond acceptors (Lipinski definition) is 19. The van der Waals surface area contributed by atoms with E-state index in [4.69, 9.17) is 29.3 Å². The Labute approximate surface area is 314 Å². The number of ether oxygens (including phenoxy) is 1. The molecule has 7 atom stereocenters. The highest BCUT2D eigenvalue weighted by molar-refractivity contribution is 8.14. The fourth-order valence-corrected chi connectivity index (χ4v) is 8.98. The average Bonchev–Trinajstić information content (AvgIpc) is 3.60. The molecule has 2 amide bonds. The first-order valence-corrected chi connectivity index (χ1v) is 22.6. The lowest BCUT2D eigenvalue weighted by molar-refractivity contribution is -0.137. The van der Waals surface area contributed by atoms with Gasteiger partial charge in [0.1, 0.15) is 42.4 Å². The molecule has 3 heterocycles. The molecule has 0 saturated carbocycles. The fourth-order valence-electron chi connectivity index (χ4n) is 4.51. The van der Waals surface area contributed by atoms with Crippen LogP contribution in [-0.2, 0) is 55.3 Å². The molecule has 2 aromatic rings. The number of fused-ring (bicyclic) bond motifs is 1. The maximum absolute atomic E-state index is 12.6. The van der Waals surface area contributed by atoms with Crippen molar-refractivity contribution in [3.63, 3.8) is 0 Å². The molecule has 55 heavy (non-hydrogen) atoms. The van der Waals surface area contributed by atoms with Crippen molar-refractivity contribution in [1.29, 1.82) is 0 Å².